The molecular weight excluding hydrogens is 346 g/mol. The van der Waals surface area contributed by atoms with E-state index in [-0.39, 0.29) is 30.3 Å². The van der Waals surface area contributed by atoms with Gasteiger partial charge in [0, 0.05) is 39.8 Å². The smallest absolute Gasteiger partial charge is 0.269 e. The van der Waals surface area contributed by atoms with Crippen molar-refractivity contribution in [2.75, 3.05) is 45.9 Å². The van der Waals surface area contributed by atoms with Gasteiger partial charge in [-0.25, -0.2) is 0 Å². The first-order chi connectivity index (χ1) is 11.6. The molecule has 0 radical (unpaired) electrons. The number of nitrogens with zero attached hydrogens (tertiary/aromatic N) is 4. The number of aromatic nitrogens is 2. The molecule has 25 heavy (non-hydrogen) atoms. The van der Waals surface area contributed by atoms with E-state index in [1.807, 2.05) is 11.8 Å². The van der Waals surface area contributed by atoms with E-state index in [1.165, 1.54) is 0 Å². The summed E-state index contributed by atoms with van der Waals surface area (Å²) in [6, 6.07) is 1.73. The Kier molecular flexibility index (Phi) is 6.80. The first kappa shape index (κ1) is 19.7. The van der Waals surface area contributed by atoms with Gasteiger partial charge in [0.2, 0.25) is 5.91 Å². The molecule has 1 unspecified atom stereocenters. The van der Waals surface area contributed by atoms with E-state index >= 15 is 0 Å². The average Bonchev–Trinajstić information content (AvgIpc) is 3.10. The number of nitrogens with one attached hydrogen (secondary N) is 1. The monoisotopic (exact) mass is 371 g/mol. The zero-order valence-electron chi connectivity index (χ0n) is 14.7. The van der Waals surface area contributed by atoms with Gasteiger partial charge in [-0.2, -0.15) is 5.10 Å². The molecule has 2 fully saturated rings. The number of morpholine rings is 1. The number of aryl methyl sites for hydroxylation is 2. The number of amides is 2. The van der Waals surface area contributed by atoms with E-state index in [2.05, 4.69) is 15.3 Å². The molecule has 9 heteroatoms. The summed E-state index contributed by atoms with van der Waals surface area (Å²) in [5.41, 5.74) is 1.34. The van der Waals surface area contributed by atoms with E-state index in [0.717, 1.165) is 31.7 Å². The van der Waals surface area contributed by atoms with Crippen LogP contribution in [0.1, 0.15) is 22.6 Å². The first-order valence-corrected chi connectivity index (χ1v) is 8.45. The van der Waals surface area contributed by atoms with Crippen LogP contribution in [-0.4, -0.2) is 83.4 Å². The third kappa shape index (κ3) is 4.50. The second-order valence-corrected chi connectivity index (χ2v) is 6.33. The first-order valence-electron chi connectivity index (χ1n) is 8.45. The Morgan fingerprint density at radius 2 is 2.08 bits per heavy atom. The molecule has 1 N–H and O–H groups in total. The molecule has 2 amide bonds. The minimum Gasteiger partial charge on any atom is -0.379 e. The molecule has 1 atom stereocenters. The zero-order valence-corrected chi connectivity index (χ0v) is 15.5. The quantitative estimate of drug-likeness (QED) is 0.776. The number of halogens is 1. The molecule has 8 nitrogen and oxygen atoms in total. The second-order valence-electron chi connectivity index (χ2n) is 6.33. The Bertz CT molecular complexity index is 615. The van der Waals surface area contributed by atoms with E-state index in [1.54, 1.807) is 17.8 Å². The molecule has 1 aromatic rings. The summed E-state index contributed by atoms with van der Waals surface area (Å²) in [6.45, 7) is 6.63. The van der Waals surface area contributed by atoms with Crippen molar-refractivity contribution < 1.29 is 14.3 Å². The highest BCUT2D eigenvalue weighted by atomic mass is 35.5. The second kappa shape index (κ2) is 8.64. The van der Waals surface area contributed by atoms with Crippen LogP contribution in [0.2, 0.25) is 0 Å². The molecule has 0 bridgehead atoms. The van der Waals surface area contributed by atoms with Crippen molar-refractivity contribution in [3.8, 4) is 0 Å². The van der Waals surface area contributed by atoms with Gasteiger partial charge in [-0.15, -0.1) is 12.4 Å². The van der Waals surface area contributed by atoms with Gasteiger partial charge in [-0.1, -0.05) is 0 Å². The fourth-order valence-electron chi connectivity index (χ4n) is 3.39. The van der Waals surface area contributed by atoms with Crippen LogP contribution in [0.3, 0.4) is 0 Å². The van der Waals surface area contributed by atoms with Gasteiger partial charge in [0.25, 0.3) is 5.91 Å². The fourth-order valence-corrected chi connectivity index (χ4v) is 3.39. The lowest BCUT2D eigenvalue weighted by atomic mass is 10.2. The van der Waals surface area contributed by atoms with E-state index in [9.17, 15) is 9.59 Å². The van der Waals surface area contributed by atoms with Gasteiger partial charge in [0.05, 0.1) is 24.9 Å². The standard InChI is InChI=1S/C16H25N5O3.ClH/c1-12-11-14(19(2)18-12)15(22)17-4-6-21-5-3-13(16(21)23)20-7-9-24-10-8-20;/h11,13H,3-10H2,1-2H3,(H,17,22);1H. The highest BCUT2D eigenvalue weighted by Crippen LogP contribution is 2.18. The topological polar surface area (TPSA) is 79.7 Å². The average molecular weight is 372 g/mol. The SMILES string of the molecule is Cc1cc(C(=O)NCCN2CCC(N3CCOCC3)C2=O)n(C)n1.Cl. The van der Waals surface area contributed by atoms with E-state index in [4.69, 9.17) is 4.74 Å². The molecule has 0 spiro atoms. The summed E-state index contributed by atoms with van der Waals surface area (Å²) in [7, 11) is 1.75. The zero-order chi connectivity index (χ0) is 17.1. The maximum absolute atomic E-state index is 12.5. The number of likely N-dealkylation sites (tertiary alicyclic amines) is 1. The fraction of sp³-hybridized carbons (Fsp3) is 0.688. The maximum Gasteiger partial charge on any atom is 0.269 e. The Morgan fingerprint density at radius 1 is 1.36 bits per heavy atom. The van der Waals surface area contributed by atoms with Gasteiger partial charge in [-0.05, 0) is 19.4 Å². The molecular formula is C16H26ClN5O3. The van der Waals surface area contributed by atoms with Gasteiger partial charge in [0.15, 0.2) is 0 Å². The minimum absolute atomic E-state index is 0. The summed E-state index contributed by atoms with van der Waals surface area (Å²) < 4.78 is 6.91. The van der Waals surface area contributed by atoms with Crippen LogP contribution in [0.15, 0.2) is 6.07 Å². The Morgan fingerprint density at radius 3 is 2.72 bits per heavy atom. The van der Waals surface area contributed by atoms with Crippen molar-refractivity contribution in [2.24, 2.45) is 7.05 Å². The van der Waals surface area contributed by atoms with E-state index in [0.29, 0.717) is 32.0 Å². The predicted octanol–water partition coefficient (Wildman–Crippen LogP) is -0.187. The summed E-state index contributed by atoms with van der Waals surface area (Å²) in [5, 5.41) is 7.03. The van der Waals surface area contributed by atoms with Crippen LogP contribution in [0.5, 0.6) is 0 Å². The molecule has 0 aromatic carbocycles. The Hall–Kier alpha value is -1.64. The number of hydrogen-bond donors (Lipinski definition) is 1. The third-order valence-electron chi connectivity index (χ3n) is 4.66. The minimum atomic E-state index is -0.158. The van der Waals surface area contributed by atoms with Crippen molar-refractivity contribution in [1.82, 2.24) is 24.9 Å². The summed E-state index contributed by atoms with van der Waals surface area (Å²) in [4.78, 5) is 28.7. The van der Waals surface area contributed by atoms with Crippen LogP contribution in [-0.2, 0) is 16.6 Å². The normalized spacial score (nSPS) is 21.3. The molecule has 3 rings (SSSR count). The van der Waals surface area contributed by atoms with Gasteiger partial charge >= 0.3 is 0 Å². The lowest BCUT2D eigenvalue weighted by molar-refractivity contribution is -0.133. The molecule has 0 aliphatic carbocycles. The van der Waals surface area contributed by atoms with Crippen molar-refractivity contribution >= 4 is 24.2 Å². The molecule has 0 saturated carbocycles. The lowest BCUT2D eigenvalue weighted by Crippen LogP contribution is -2.48. The number of carbonyl (C=O) groups excluding carboxylic acids is 2. The van der Waals surface area contributed by atoms with Crippen LogP contribution >= 0.6 is 12.4 Å². The highest BCUT2D eigenvalue weighted by molar-refractivity contribution is 5.92. The molecule has 2 saturated heterocycles. The predicted molar refractivity (Wildman–Crippen MR) is 94.9 cm³/mol. The number of carbonyl (C=O) groups is 2. The summed E-state index contributed by atoms with van der Waals surface area (Å²) in [6.07, 6.45) is 0.855. The van der Waals surface area contributed by atoms with Gasteiger partial charge in [0.1, 0.15) is 5.69 Å². The van der Waals surface area contributed by atoms with Crippen LogP contribution in [0.25, 0.3) is 0 Å². The Labute approximate surface area is 153 Å². The van der Waals surface area contributed by atoms with Crippen LogP contribution in [0.4, 0.5) is 0 Å². The third-order valence-corrected chi connectivity index (χ3v) is 4.66. The molecule has 1 aromatic heterocycles. The summed E-state index contributed by atoms with van der Waals surface area (Å²) >= 11 is 0. The number of hydrogen-bond acceptors (Lipinski definition) is 5. The van der Waals surface area contributed by atoms with Crippen molar-refractivity contribution in [3.63, 3.8) is 0 Å². The highest BCUT2D eigenvalue weighted by Gasteiger charge is 2.36. The van der Waals surface area contributed by atoms with Gasteiger partial charge in [-0.3, -0.25) is 19.2 Å². The molecule has 2 aliphatic heterocycles. The number of rotatable bonds is 5. The Balaban J connectivity index is 0.00000225. The van der Waals surface area contributed by atoms with Crippen LogP contribution < -0.4 is 5.32 Å². The molecule has 140 valence electrons. The van der Waals surface area contributed by atoms with Crippen molar-refractivity contribution in [2.45, 2.75) is 19.4 Å². The molecule has 2 aliphatic rings. The maximum atomic E-state index is 12.5. The number of ether oxygens (including phenoxy) is 1. The summed E-state index contributed by atoms with van der Waals surface area (Å²) in [5.74, 6) is 0.0111. The van der Waals surface area contributed by atoms with E-state index < -0.39 is 0 Å². The van der Waals surface area contributed by atoms with Crippen molar-refractivity contribution in [1.29, 1.82) is 0 Å². The van der Waals surface area contributed by atoms with Crippen LogP contribution in [0, 0.1) is 6.92 Å². The largest absolute Gasteiger partial charge is 0.379 e. The van der Waals surface area contributed by atoms with Gasteiger partial charge < -0.3 is 15.0 Å². The lowest BCUT2D eigenvalue weighted by Gasteiger charge is -2.31. The molecule has 3 heterocycles. The van der Waals surface area contributed by atoms with Crippen molar-refractivity contribution in [3.05, 3.63) is 17.5 Å².